The van der Waals surface area contributed by atoms with Crippen molar-refractivity contribution in [3.8, 4) is 0 Å². The highest BCUT2D eigenvalue weighted by atomic mass is 16.1. The SMILES string of the molecule is Cc1cnc(NC2=C(N)C(C)N(C=O)CC2)c(C)c1. The molecule has 1 aromatic rings. The average molecular weight is 260 g/mol. The highest BCUT2D eigenvalue weighted by Gasteiger charge is 2.23. The van der Waals surface area contributed by atoms with E-state index < -0.39 is 0 Å². The topological polar surface area (TPSA) is 71.2 Å². The van der Waals surface area contributed by atoms with Crippen LogP contribution in [0.4, 0.5) is 5.82 Å². The van der Waals surface area contributed by atoms with Gasteiger partial charge in [0, 0.05) is 24.9 Å². The van der Waals surface area contributed by atoms with Crippen LogP contribution in [0.3, 0.4) is 0 Å². The van der Waals surface area contributed by atoms with Gasteiger partial charge in [0.2, 0.25) is 6.41 Å². The van der Waals surface area contributed by atoms with E-state index in [1.807, 2.05) is 27.0 Å². The van der Waals surface area contributed by atoms with Gasteiger partial charge in [0.1, 0.15) is 5.82 Å². The summed E-state index contributed by atoms with van der Waals surface area (Å²) in [5, 5.41) is 3.30. The van der Waals surface area contributed by atoms with E-state index in [0.29, 0.717) is 12.2 Å². The molecule has 1 aliphatic heterocycles. The Morgan fingerprint density at radius 1 is 1.53 bits per heavy atom. The van der Waals surface area contributed by atoms with Gasteiger partial charge in [0.15, 0.2) is 0 Å². The van der Waals surface area contributed by atoms with E-state index in [-0.39, 0.29) is 6.04 Å². The Hall–Kier alpha value is -2.04. The Morgan fingerprint density at radius 3 is 2.89 bits per heavy atom. The van der Waals surface area contributed by atoms with Gasteiger partial charge in [-0.3, -0.25) is 4.79 Å². The van der Waals surface area contributed by atoms with Crippen molar-refractivity contribution in [1.82, 2.24) is 9.88 Å². The molecule has 0 saturated heterocycles. The lowest BCUT2D eigenvalue weighted by atomic mass is 10.1. The van der Waals surface area contributed by atoms with E-state index in [4.69, 9.17) is 5.73 Å². The molecule has 1 aromatic heterocycles. The molecule has 0 fully saturated rings. The lowest BCUT2D eigenvalue weighted by Gasteiger charge is -2.32. The van der Waals surface area contributed by atoms with Crippen LogP contribution in [0.5, 0.6) is 0 Å². The summed E-state index contributed by atoms with van der Waals surface area (Å²) in [6.07, 6.45) is 3.41. The smallest absolute Gasteiger partial charge is 0.210 e. The fourth-order valence-corrected chi connectivity index (χ4v) is 2.28. The molecule has 1 unspecified atom stereocenters. The Labute approximate surface area is 113 Å². The average Bonchev–Trinajstić information content (AvgIpc) is 2.38. The molecule has 0 saturated carbocycles. The number of nitrogens with one attached hydrogen (secondary N) is 1. The molecule has 5 nitrogen and oxygen atoms in total. The fraction of sp³-hybridized carbons (Fsp3) is 0.429. The molecular formula is C14H20N4O. The molecule has 0 radical (unpaired) electrons. The monoisotopic (exact) mass is 260 g/mol. The number of hydrogen-bond acceptors (Lipinski definition) is 4. The number of amides is 1. The van der Waals surface area contributed by atoms with Crippen LogP contribution in [-0.4, -0.2) is 28.9 Å². The van der Waals surface area contributed by atoms with Crippen LogP contribution < -0.4 is 11.1 Å². The van der Waals surface area contributed by atoms with Crippen LogP contribution >= 0.6 is 0 Å². The number of nitrogens with zero attached hydrogens (tertiary/aromatic N) is 2. The standard InChI is InChI=1S/C14H20N4O/c1-9-6-10(2)14(16-7-9)17-12-4-5-18(8-19)11(3)13(12)15/h6-8,11H,4-5,15H2,1-3H3,(H,16,17). The zero-order chi connectivity index (χ0) is 14.0. The molecule has 0 bridgehead atoms. The zero-order valence-electron chi connectivity index (χ0n) is 11.6. The maximum Gasteiger partial charge on any atom is 0.210 e. The molecule has 3 N–H and O–H groups in total. The predicted octanol–water partition coefficient (Wildman–Crippen LogP) is 1.53. The second kappa shape index (κ2) is 5.30. The second-order valence-electron chi connectivity index (χ2n) is 5.01. The number of nitrogens with two attached hydrogens (primary N) is 1. The van der Waals surface area contributed by atoms with Crippen LogP contribution in [0.15, 0.2) is 23.7 Å². The zero-order valence-corrected chi connectivity index (χ0v) is 11.6. The molecule has 1 amide bonds. The summed E-state index contributed by atoms with van der Waals surface area (Å²) in [7, 11) is 0. The summed E-state index contributed by atoms with van der Waals surface area (Å²) >= 11 is 0. The second-order valence-corrected chi connectivity index (χ2v) is 5.01. The minimum Gasteiger partial charge on any atom is -0.399 e. The summed E-state index contributed by atoms with van der Waals surface area (Å²) in [5.41, 5.74) is 10.00. The Balaban J connectivity index is 2.23. The third kappa shape index (κ3) is 2.70. The first-order valence-corrected chi connectivity index (χ1v) is 6.42. The summed E-state index contributed by atoms with van der Waals surface area (Å²) in [6, 6.07) is 2.01. The number of aromatic nitrogens is 1. The van der Waals surface area contributed by atoms with Crippen molar-refractivity contribution in [3.63, 3.8) is 0 Å². The number of aryl methyl sites for hydroxylation is 2. The van der Waals surface area contributed by atoms with Gasteiger partial charge in [-0.2, -0.15) is 0 Å². The summed E-state index contributed by atoms with van der Waals surface area (Å²) in [6.45, 7) is 6.64. The van der Waals surface area contributed by atoms with Gasteiger partial charge in [-0.25, -0.2) is 4.98 Å². The van der Waals surface area contributed by atoms with E-state index in [9.17, 15) is 4.79 Å². The molecule has 2 heterocycles. The van der Waals surface area contributed by atoms with Crippen LogP contribution in [0.25, 0.3) is 0 Å². The summed E-state index contributed by atoms with van der Waals surface area (Å²) in [5.74, 6) is 0.829. The van der Waals surface area contributed by atoms with Gasteiger partial charge in [0.25, 0.3) is 0 Å². The van der Waals surface area contributed by atoms with Crippen molar-refractivity contribution in [1.29, 1.82) is 0 Å². The van der Waals surface area contributed by atoms with Crippen LogP contribution in [-0.2, 0) is 4.79 Å². The third-order valence-corrected chi connectivity index (χ3v) is 3.54. The van der Waals surface area contributed by atoms with Crippen molar-refractivity contribution in [2.24, 2.45) is 5.73 Å². The molecular weight excluding hydrogens is 240 g/mol. The van der Waals surface area contributed by atoms with Crippen molar-refractivity contribution in [2.75, 3.05) is 11.9 Å². The lowest BCUT2D eigenvalue weighted by molar-refractivity contribution is -0.119. The Kier molecular flexibility index (Phi) is 3.74. The van der Waals surface area contributed by atoms with E-state index in [0.717, 1.165) is 35.5 Å². The molecule has 0 spiro atoms. The summed E-state index contributed by atoms with van der Waals surface area (Å²) in [4.78, 5) is 17.0. The number of carbonyl (C=O) groups excluding carboxylic acids is 1. The van der Waals surface area contributed by atoms with Gasteiger partial charge in [-0.05, 0) is 31.9 Å². The molecule has 5 heteroatoms. The normalized spacial score (nSPS) is 19.5. The van der Waals surface area contributed by atoms with Crippen molar-refractivity contribution >= 4 is 12.2 Å². The van der Waals surface area contributed by atoms with E-state index in [1.54, 1.807) is 4.90 Å². The van der Waals surface area contributed by atoms with Gasteiger partial charge in [-0.1, -0.05) is 6.07 Å². The first-order chi connectivity index (χ1) is 9.02. The van der Waals surface area contributed by atoms with E-state index in [2.05, 4.69) is 16.4 Å². The quantitative estimate of drug-likeness (QED) is 0.809. The first kappa shape index (κ1) is 13.4. The molecule has 2 rings (SSSR count). The van der Waals surface area contributed by atoms with E-state index in [1.165, 1.54) is 0 Å². The van der Waals surface area contributed by atoms with E-state index >= 15 is 0 Å². The number of pyridine rings is 1. The number of carbonyl (C=O) groups is 1. The predicted molar refractivity (Wildman–Crippen MR) is 75.4 cm³/mol. The number of rotatable bonds is 3. The Morgan fingerprint density at radius 2 is 2.26 bits per heavy atom. The highest BCUT2D eigenvalue weighted by molar-refractivity contribution is 5.54. The van der Waals surface area contributed by atoms with Gasteiger partial charge in [-0.15, -0.1) is 0 Å². The number of anilines is 1. The van der Waals surface area contributed by atoms with Crippen LogP contribution in [0.1, 0.15) is 24.5 Å². The third-order valence-electron chi connectivity index (χ3n) is 3.54. The minimum atomic E-state index is -0.0699. The fourth-order valence-electron chi connectivity index (χ4n) is 2.28. The van der Waals surface area contributed by atoms with Crippen molar-refractivity contribution in [3.05, 3.63) is 34.8 Å². The first-order valence-electron chi connectivity index (χ1n) is 6.42. The van der Waals surface area contributed by atoms with Crippen molar-refractivity contribution < 1.29 is 4.79 Å². The number of hydrogen-bond donors (Lipinski definition) is 2. The molecule has 0 aliphatic carbocycles. The van der Waals surface area contributed by atoms with Crippen LogP contribution in [0.2, 0.25) is 0 Å². The minimum absolute atomic E-state index is 0.0699. The van der Waals surface area contributed by atoms with Gasteiger partial charge >= 0.3 is 0 Å². The van der Waals surface area contributed by atoms with Crippen molar-refractivity contribution in [2.45, 2.75) is 33.2 Å². The molecule has 19 heavy (non-hydrogen) atoms. The largest absolute Gasteiger partial charge is 0.399 e. The summed E-state index contributed by atoms with van der Waals surface area (Å²) < 4.78 is 0. The lowest BCUT2D eigenvalue weighted by Crippen LogP contribution is -2.42. The van der Waals surface area contributed by atoms with Gasteiger partial charge < -0.3 is 16.0 Å². The molecule has 0 aromatic carbocycles. The molecule has 1 aliphatic rings. The van der Waals surface area contributed by atoms with Gasteiger partial charge in [0.05, 0.1) is 11.7 Å². The maximum atomic E-state index is 10.9. The molecule has 102 valence electrons. The highest BCUT2D eigenvalue weighted by Crippen LogP contribution is 2.22. The molecule has 1 atom stereocenters. The maximum absolute atomic E-state index is 10.9. The Bertz CT molecular complexity index is 524. The van der Waals surface area contributed by atoms with Crippen LogP contribution in [0, 0.1) is 13.8 Å².